The van der Waals surface area contributed by atoms with E-state index in [1.54, 1.807) is 6.26 Å². The van der Waals surface area contributed by atoms with Crippen molar-refractivity contribution in [2.75, 3.05) is 6.54 Å². The fourth-order valence-electron chi connectivity index (χ4n) is 3.86. The Hall–Kier alpha value is -2.81. The summed E-state index contributed by atoms with van der Waals surface area (Å²) in [6.45, 7) is 5.17. The first kappa shape index (κ1) is 20.9. The quantitative estimate of drug-likeness (QED) is 0.457. The molecule has 3 aromatic rings. The average Bonchev–Trinajstić information content (AvgIpc) is 3.30. The highest BCUT2D eigenvalue weighted by atomic mass is 16.3. The molecule has 0 aliphatic rings. The number of amides is 1. The zero-order valence-electron chi connectivity index (χ0n) is 17.4. The number of furan rings is 1. The highest BCUT2D eigenvalue weighted by molar-refractivity contribution is 5.76. The van der Waals surface area contributed by atoms with Crippen LogP contribution < -0.4 is 5.32 Å². The van der Waals surface area contributed by atoms with E-state index in [9.17, 15) is 4.79 Å². The number of rotatable bonds is 10. The Morgan fingerprint density at radius 1 is 1.00 bits per heavy atom. The van der Waals surface area contributed by atoms with Gasteiger partial charge in [-0.2, -0.15) is 0 Å². The fourth-order valence-corrected chi connectivity index (χ4v) is 3.86. The summed E-state index contributed by atoms with van der Waals surface area (Å²) >= 11 is 0. The first-order chi connectivity index (χ1) is 14.1. The molecule has 1 aromatic heterocycles. The summed E-state index contributed by atoms with van der Waals surface area (Å²) in [7, 11) is 0. The summed E-state index contributed by atoms with van der Waals surface area (Å²) in [6.07, 6.45) is 4.88. The molecule has 29 heavy (non-hydrogen) atoms. The van der Waals surface area contributed by atoms with Gasteiger partial charge >= 0.3 is 0 Å². The Bertz CT molecular complexity index is 858. The lowest BCUT2D eigenvalue weighted by molar-refractivity contribution is -0.121. The van der Waals surface area contributed by atoms with Crippen molar-refractivity contribution in [3.05, 3.63) is 95.9 Å². The van der Waals surface area contributed by atoms with E-state index in [1.807, 2.05) is 36.4 Å². The second-order valence-corrected chi connectivity index (χ2v) is 7.90. The number of hydrogen-bond acceptors (Lipinski definition) is 2. The van der Waals surface area contributed by atoms with Gasteiger partial charge in [-0.3, -0.25) is 4.79 Å². The van der Waals surface area contributed by atoms with Gasteiger partial charge in [-0.05, 0) is 47.9 Å². The molecule has 0 aliphatic carbocycles. The van der Waals surface area contributed by atoms with Crippen LogP contribution >= 0.6 is 0 Å². The molecule has 0 saturated carbocycles. The summed E-state index contributed by atoms with van der Waals surface area (Å²) < 4.78 is 5.64. The first-order valence-electron chi connectivity index (χ1n) is 10.5. The summed E-state index contributed by atoms with van der Waals surface area (Å²) in [5, 5.41) is 3.12. The van der Waals surface area contributed by atoms with Crippen LogP contribution in [0.3, 0.4) is 0 Å². The third-order valence-corrected chi connectivity index (χ3v) is 6.00. The van der Waals surface area contributed by atoms with E-state index in [-0.39, 0.29) is 17.2 Å². The molecule has 1 N–H and O–H groups in total. The van der Waals surface area contributed by atoms with Gasteiger partial charge in [0.1, 0.15) is 5.76 Å². The van der Waals surface area contributed by atoms with E-state index < -0.39 is 0 Å². The largest absolute Gasteiger partial charge is 0.469 e. The molecule has 152 valence electrons. The molecule has 0 unspecified atom stereocenters. The number of carbonyl (C=O) groups excluding carboxylic acids is 1. The molecule has 0 bridgehead atoms. The van der Waals surface area contributed by atoms with Gasteiger partial charge in [0.25, 0.3) is 0 Å². The van der Waals surface area contributed by atoms with Crippen molar-refractivity contribution in [2.45, 2.75) is 50.9 Å². The highest BCUT2D eigenvalue weighted by Gasteiger charge is 2.24. The lowest BCUT2D eigenvalue weighted by atomic mass is 9.77. The molecule has 0 aliphatic heterocycles. The third kappa shape index (κ3) is 5.60. The second-order valence-electron chi connectivity index (χ2n) is 7.90. The van der Waals surface area contributed by atoms with Crippen LogP contribution in [0.25, 0.3) is 0 Å². The monoisotopic (exact) mass is 389 g/mol. The van der Waals surface area contributed by atoms with Gasteiger partial charge in [0.2, 0.25) is 5.91 Å². The maximum absolute atomic E-state index is 12.5. The Balaban J connectivity index is 1.53. The maximum Gasteiger partial charge on any atom is 0.220 e. The molecule has 2 atom stereocenters. The molecular weight excluding hydrogens is 358 g/mol. The van der Waals surface area contributed by atoms with Gasteiger partial charge in [0, 0.05) is 18.9 Å². The van der Waals surface area contributed by atoms with Crippen molar-refractivity contribution in [2.24, 2.45) is 0 Å². The van der Waals surface area contributed by atoms with Gasteiger partial charge in [0.05, 0.1) is 6.26 Å². The van der Waals surface area contributed by atoms with Crippen molar-refractivity contribution in [3.8, 4) is 0 Å². The zero-order chi connectivity index (χ0) is 20.5. The molecule has 0 radical (unpaired) electrons. The maximum atomic E-state index is 12.5. The van der Waals surface area contributed by atoms with Crippen LogP contribution in [0.4, 0.5) is 0 Å². The number of hydrogen-bond donors (Lipinski definition) is 1. The minimum absolute atomic E-state index is 0.0787. The second kappa shape index (κ2) is 10.1. The van der Waals surface area contributed by atoms with Crippen LogP contribution in [0, 0.1) is 0 Å². The SMILES string of the molecule is CC[C@](C)(CCNC(=O)CC[C@H](c1ccccc1)c1ccco1)c1ccccc1. The molecule has 3 nitrogen and oxygen atoms in total. The minimum Gasteiger partial charge on any atom is -0.469 e. The Morgan fingerprint density at radius 2 is 1.69 bits per heavy atom. The zero-order valence-corrected chi connectivity index (χ0v) is 17.4. The average molecular weight is 390 g/mol. The smallest absolute Gasteiger partial charge is 0.220 e. The van der Waals surface area contributed by atoms with E-state index in [2.05, 4.69) is 55.6 Å². The molecule has 3 heteroatoms. The van der Waals surface area contributed by atoms with Crippen molar-refractivity contribution in [1.82, 2.24) is 5.32 Å². The van der Waals surface area contributed by atoms with Crippen LogP contribution in [-0.2, 0) is 10.2 Å². The number of benzene rings is 2. The van der Waals surface area contributed by atoms with Crippen molar-refractivity contribution in [3.63, 3.8) is 0 Å². The van der Waals surface area contributed by atoms with E-state index >= 15 is 0 Å². The van der Waals surface area contributed by atoms with E-state index in [0.29, 0.717) is 13.0 Å². The molecule has 1 amide bonds. The topological polar surface area (TPSA) is 42.2 Å². The van der Waals surface area contributed by atoms with Crippen LogP contribution in [0.5, 0.6) is 0 Å². The van der Waals surface area contributed by atoms with Gasteiger partial charge in [-0.25, -0.2) is 0 Å². The predicted octanol–water partition coefficient (Wildman–Crippen LogP) is 6.07. The minimum atomic E-state index is 0.0787. The Morgan fingerprint density at radius 3 is 2.31 bits per heavy atom. The van der Waals surface area contributed by atoms with Crippen LogP contribution in [0.2, 0.25) is 0 Å². The summed E-state index contributed by atoms with van der Waals surface area (Å²) in [6, 6.07) is 24.7. The molecule has 3 rings (SSSR count). The van der Waals surface area contributed by atoms with Crippen molar-refractivity contribution < 1.29 is 9.21 Å². The van der Waals surface area contributed by atoms with Crippen LogP contribution in [0.1, 0.15) is 62.3 Å². The van der Waals surface area contributed by atoms with Crippen molar-refractivity contribution in [1.29, 1.82) is 0 Å². The fraction of sp³-hybridized carbons (Fsp3) is 0.346. The molecule has 1 heterocycles. The first-order valence-corrected chi connectivity index (χ1v) is 10.5. The van der Waals surface area contributed by atoms with E-state index in [0.717, 1.165) is 25.0 Å². The third-order valence-electron chi connectivity index (χ3n) is 6.00. The van der Waals surface area contributed by atoms with Gasteiger partial charge < -0.3 is 9.73 Å². The van der Waals surface area contributed by atoms with Gasteiger partial charge in [0.15, 0.2) is 0 Å². The highest BCUT2D eigenvalue weighted by Crippen LogP contribution is 2.31. The molecule has 0 fully saturated rings. The molecule has 0 spiro atoms. The summed E-state index contributed by atoms with van der Waals surface area (Å²) in [5.74, 6) is 1.11. The van der Waals surface area contributed by atoms with Crippen LogP contribution in [-0.4, -0.2) is 12.5 Å². The Labute approximate surface area is 174 Å². The normalized spacial score (nSPS) is 14.1. The molecule has 0 saturated heterocycles. The van der Waals surface area contributed by atoms with Gasteiger partial charge in [-0.1, -0.05) is 74.5 Å². The van der Waals surface area contributed by atoms with Crippen molar-refractivity contribution >= 4 is 5.91 Å². The lowest BCUT2D eigenvalue weighted by Crippen LogP contribution is -2.31. The van der Waals surface area contributed by atoms with Gasteiger partial charge in [-0.15, -0.1) is 0 Å². The summed E-state index contributed by atoms with van der Waals surface area (Å²) in [4.78, 5) is 12.5. The number of nitrogens with one attached hydrogen (secondary N) is 1. The Kier molecular flexibility index (Phi) is 7.29. The van der Waals surface area contributed by atoms with E-state index in [1.165, 1.54) is 11.1 Å². The van der Waals surface area contributed by atoms with Crippen LogP contribution in [0.15, 0.2) is 83.5 Å². The number of carbonyl (C=O) groups is 1. The standard InChI is InChI=1S/C26H31NO2/c1-3-26(2,22-13-8-5-9-14-22)18-19-27-25(28)17-16-23(24-15-10-20-29-24)21-11-6-4-7-12-21/h4-15,20,23H,3,16-19H2,1-2H3,(H,27,28)/t23-,26-/m1/s1. The summed E-state index contributed by atoms with van der Waals surface area (Å²) in [5.41, 5.74) is 2.59. The molecule has 2 aromatic carbocycles. The lowest BCUT2D eigenvalue weighted by Gasteiger charge is -2.29. The van der Waals surface area contributed by atoms with E-state index in [4.69, 9.17) is 4.42 Å². The molecular formula is C26H31NO2. The predicted molar refractivity (Wildman–Crippen MR) is 118 cm³/mol.